The summed E-state index contributed by atoms with van der Waals surface area (Å²) in [6.07, 6.45) is 10.2. The Balaban J connectivity index is 1.41. The number of rotatable bonds is 4. The minimum absolute atomic E-state index is 0.140. The number of carbonyl (C=O) groups is 2. The maximum atomic E-state index is 12.0. The van der Waals surface area contributed by atoms with Gasteiger partial charge in [0.1, 0.15) is 6.07 Å². The zero-order valence-corrected chi connectivity index (χ0v) is 15.5. The van der Waals surface area contributed by atoms with Crippen LogP contribution >= 0.6 is 0 Å². The van der Waals surface area contributed by atoms with Crippen LogP contribution in [0.3, 0.4) is 0 Å². The molecule has 1 saturated heterocycles. The lowest BCUT2D eigenvalue weighted by Crippen LogP contribution is -2.47. The van der Waals surface area contributed by atoms with Gasteiger partial charge in [-0.1, -0.05) is 19.3 Å². The molecule has 3 rings (SSSR count). The Morgan fingerprint density at radius 2 is 1.78 bits per heavy atom. The molecule has 144 valence electrons. The Labute approximate surface area is 159 Å². The molecule has 0 unspecified atom stereocenters. The highest BCUT2D eigenvalue weighted by Gasteiger charge is 2.24. The van der Waals surface area contributed by atoms with Crippen LogP contribution in [0.4, 0.5) is 5.82 Å². The molecule has 1 aromatic rings. The second-order valence-corrected chi connectivity index (χ2v) is 7.29. The van der Waals surface area contributed by atoms with E-state index in [1.807, 2.05) is 0 Å². The van der Waals surface area contributed by atoms with E-state index in [2.05, 4.69) is 31.6 Å². The molecule has 2 N–H and O–H groups in total. The van der Waals surface area contributed by atoms with Gasteiger partial charge in [-0.2, -0.15) is 5.26 Å². The number of hydrogen-bond acceptors (Lipinski definition) is 6. The molecule has 8 heteroatoms. The fourth-order valence-electron chi connectivity index (χ4n) is 3.81. The van der Waals surface area contributed by atoms with Gasteiger partial charge in [0, 0.05) is 38.1 Å². The lowest BCUT2D eigenvalue weighted by atomic mass is 9.95. The van der Waals surface area contributed by atoms with Gasteiger partial charge in [0.15, 0.2) is 11.5 Å². The van der Waals surface area contributed by atoms with E-state index in [4.69, 9.17) is 5.26 Å². The van der Waals surface area contributed by atoms with Crippen LogP contribution in [0.1, 0.15) is 50.6 Å². The molecule has 2 fully saturated rings. The third kappa shape index (κ3) is 5.16. The second kappa shape index (κ2) is 9.31. The molecular formula is C19H26N6O2. The molecule has 27 heavy (non-hydrogen) atoms. The summed E-state index contributed by atoms with van der Waals surface area (Å²) in [5.74, 6) is -0.120. The number of anilines is 1. The molecule has 2 amide bonds. The third-order valence-electron chi connectivity index (χ3n) is 5.40. The Hall–Kier alpha value is -2.69. The molecule has 0 radical (unpaired) electrons. The van der Waals surface area contributed by atoms with Crippen LogP contribution in [-0.4, -0.2) is 47.5 Å². The Morgan fingerprint density at radius 3 is 2.48 bits per heavy atom. The maximum absolute atomic E-state index is 12.0. The van der Waals surface area contributed by atoms with Gasteiger partial charge in [-0.05, 0) is 31.6 Å². The number of piperidine rings is 1. The zero-order chi connectivity index (χ0) is 19.1. The fourth-order valence-corrected chi connectivity index (χ4v) is 3.81. The highest BCUT2D eigenvalue weighted by molar-refractivity contribution is 6.35. The molecule has 0 atom stereocenters. The van der Waals surface area contributed by atoms with Crippen LogP contribution in [0.25, 0.3) is 0 Å². The van der Waals surface area contributed by atoms with Gasteiger partial charge in [-0.15, -0.1) is 0 Å². The number of amides is 2. The number of nitriles is 1. The van der Waals surface area contributed by atoms with Crippen molar-refractivity contribution >= 4 is 17.6 Å². The number of hydrogen-bond donors (Lipinski definition) is 2. The Bertz CT molecular complexity index is 702. The van der Waals surface area contributed by atoms with Crippen molar-refractivity contribution in [2.75, 3.05) is 24.5 Å². The van der Waals surface area contributed by atoms with E-state index < -0.39 is 11.8 Å². The molecular weight excluding hydrogens is 344 g/mol. The van der Waals surface area contributed by atoms with Crippen molar-refractivity contribution in [2.24, 2.45) is 5.92 Å². The highest BCUT2D eigenvalue weighted by atomic mass is 16.2. The zero-order valence-electron chi connectivity index (χ0n) is 15.5. The molecule has 0 bridgehead atoms. The van der Waals surface area contributed by atoms with Gasteiger partial charge in [-0.3, -0.25) is 9.59 Å². The molecule has 2 aliphatic rings. The summed E-state index contributed by atoms with van der Waals surface area (Å²) in [4.78, 5) is 34.4. The summed E-state index contributed by atoms with van der Waals surface area (Å²) in [5.41, 5.74) is 0.337. The predicted octanol–water partition coefficient (Wildman–Crippen LogP) is 1.13. The topological polar surface area (TPSA) is 111 Å². The monoisotopic (exact) mass is 370 g/mol. The molecule has 0 aromatic carbocycles. The quantitative estimate of drug-likeness (QED) is 0.769. The van der Waals surface area contributed by atoms with Gasteiger partial charge in [-0.25, -0.2) is 9.97 Å². The van der Waals surface area contributed by atoms with E-state index in [1.54, 1.807) is 6.20 Å². The third-order valence-corrected chi connectivity index (χ3v) is 5.40. The summed E-state index contributed by atoms with van der Waals surface area (Å²) in [5, 5.41) is 14.8. The largest absolute Gasteiger partial charge is 0.354 e. The minimum atomic E-state index is -0.538. The van der Waals surface area contributed by atoms with E-state index in [0.29, 0.717) is 24.0 Å². The first-order valence-electron chi connectivity index (χ1n) is 9.72. The fraction of sp³-hybridized carbons (Fsp3) is 0.632. The van der Waals surface area contributed by atoms with Crippen molar-refractivity contribution in [3.8, 4) is 6.07 Å². The molecule has 8 nitrogen and oxygen atoms in total. The molecule has 1 aliphatic carbocycles. The van der Waals surface area contributed by atoms with Crippen LogP contribution < -0.4 is 15.5 Å². The average Bonchev–Trinajstić information content (AvgIpc) is 2.73. The Kier molecular flexibility index (Phi) is 6.58. The van der Waals surface area contributed by atoms with Gasteiger partial charge in [0.2, 0.25) is 0 Å². The number of carbonyl (C=O) groups excluding carboxylic acids is 2. The SMILES string of the molecule is N#Cc1nccnc1N1CCC(CNC(=O)C(=O)NC2CCCCC2)CC1. The van der Waals surface area contributed by atoms with Crippen molar-refractivity contribution in [3.63, 3.8) is 0 Å². The first kappa shape index (κ1) is 19.1. The van der Waals surface area contributed by atoms with E-state index in [0.717, 1.165) is 51.6 Å². The maximum Gasteiger partial charge on any atom is 0.309 e. The first-order chi connectivity index (χ1) is 13.2. The minimum Gasteiger partial charge on any atom is -0.354 e. The summed E-state index contributed by atoms with van der Waals surface area (Å²) in [7, 11) is 0. The van der Waals surface area contributed by atoms with Crippen LogP contribution in [0.5, 0.6) is 0 Å². The Morgan fingerprint density at radius 1 is 1.07 bits per heavy atom. The lowest BCUT2D eigenvalue weighted by molar-refractivity contribution is -0.139. The van der Waals surface area contributed by atoms with Gasteiger partial charge in [0.05, 0.1) is 0 Å². The summed E-state index contributed by atoms with van der Waals surface area (Å²) in [6.45, 7) is 2.00. The number of nitrogens with one attached hydrogen (secondary N) is 2. The van der Waals surface area contributed by atoms with E-state index in [1.165, 1.54) is 12.6 Å². The van der Waals surface area contributed by atoms with E-state index >= 15 is 0 Å². The highest BCUT2D eigenvalue weighted by Crippen LogP contribution is 2.23. The lowest BCUT2D eigenvalue weighted by Gasteiger charge is -2.32. The summed E-state index contributed by atoms with van der Waals surface area (Å²) >= 11 is 0. The van der Waals surface area contributed by atoms with Crippen LogP contribution in [0.2, 0.25) is 0 Å². The van der Waals surface area contributed by atoms with Crippen molar-refractivity contribution < 1.29 is 9.59 Å². The van der Waals surface area contributed by atoms with Crippen molar-refractivity contribution in [1.82, 2.24) is 20.6 Å². The number of aromatic nitrogens is 2. The van der Waals surface area contributed by atoms with Crippen molar-refractivity contribution in [2.45, 2.75) is 51.0 Å². The molecule has 0 spiro atoms. The van der Waals surface area contributed by atoms with Crippen LogP contribution in [-0.2, 0) is 9.59 Å². The van der Waals surface area contributed by atoms with E-state index in [-0.39, 0.29) is 6.04 Å². The molecule has 1 aliphatic heterocycles. The average molecular weight is 370 g/mol. The molecule has 2 heterocycles. The molecule has 1 aromatic heterocycles. The normalized spacial score (nSPS) is 18.6. The first-order valence-corrected chi connectivity index (χ1v) is 9.72. The second-order valence-electron chi connectivity index (χ2n) is 7.29. The van der Waals surface area contributed by atoms with Gasteiger partial charge < -0.3 is 15.5 Å². The van der Waals surface area contributed by atoms with Crippen molar-refractivity contribution in [1.29, 1.82) is 5.26 Å². The van der Waals surface area contributed by atoms with Gasteiger partial charge >= 0.3 is 11.8 Å². The summed E-state index contributed by atoms with van der Waals surface area (Å²) in [6, 6.07) is 2.21. The molecule has 1 saturated carbocycles. The van der Waals surface area contributed by atoms with Crippen molar-refractivity contribution in [3.05, 3.63) is 18.1 Å². The van der Waals surface area contributed by atoms with Crippen LogP contribution in [0.15, 0.2) is 12.4 Å². The smallest absolute Gasteiger partial charge is 0.309 e. The predicted molar refractivity (Wildman–Crippen MR) is 99.7 cm³/mol. The van der Waals surface area contributed by atoms with Gasteiger partial charge in [0.25, 0.3) is 0 Å². The van der Waals surface area contributed by atoms with E-state index in [9.17, 15) is 9.59 Å². The van der Waals surface area contributed by atoms with Crippen LogP contribution in [0, 0.1) is 17.2 Å². The number of nitrogens with zero attached hydrogens (tertiary/aromatic N) is 4. The summed E-state index contributed by atoms with van der Waals surface area (Å²) < 4.78 is 0. The standard InChI is InChI=1S/C19H26N6O2/c20-12-16-17(22-9-8-21-16)25-10-6-14(7-11-25)13-23-18(26)19(27)24-15-4-2-1-3-5-15/h8-9,14-15H,1-7,10-11,13H2,(H,23,26)(H,24,27).